The van der Waals surface area contributed by atoms with Crippen molar-refractivity contribution in [2.45, 2.75) is 20.3 Å². The van der Waals surface area contributed by atoms with Gasteiger partial charge in [-0.25, -0.2) is 4.79 Å². The lowest BCUT2D eigenvalue weighted by Gasteiger charge is -2.07. The highest BCUT2D eigenvalue weighted by Crippen LogP contribution is 2.17. The summed E-state index contributed by atoms with van der Waals surface area (Å²) in [5, 5.41) is 8.93. The third-order valence-electron chi connectivity index (χ3n) is 2.69. The third-order valence-corrected chi connectivity index (χ3v) is 3.00. The highest BCUT2D eigenvalue weighted by Gasteiger charge is 2.07. The van der Waals surface area contributed by atoms with E-state index in [0.717, 1.165) is 5.57 Å². The van der Waals surface area contributed by atoms with Crippen molar-refractivity contribution in [3.63, 3.8) is 0 Å². The van der Waals surface area contributed by atoms with Crippen LogP contribution in [0.25, 0.3) is 0 Å². The lowest BCUT2D eigenvalue weighted by molar-refractivity contribution is 0.0696. The van der Waals surface area contributed by atoms with E-state index < -0.39 is 5.97 Å². The van der Waals surface area contributed by atoms with Crippen molar-refractivity contribution in [2.24, 2.45) is 0 Å². The van der Waals surface area contributed by atoms with Gasteiger partial charge in [-0.15, -0.1) is 0 Å². The number of carbonyl (C=O) groups is 1. The van der Waals surface area contributed by atoms with Crippen LogP contribution in [0.1, 0.15) is 29.3 Å². The summed E-state index contributed by atoms with van der Waals surface area (Å²) in [6, 6.07) is 4.90. The Labute approximate surface area is 128 Å². The molecule has 1 rings (SSSR count). The molecule has 0 aliphatic carbocycles. The largest absolute Gasteiger partial charge is 0.490 e. The molecule has 5 heteroatoms. The maximum Gasteiger partial charge on any atom is 0.335 e. The van der Waals surface area contributed by atoms with Crippen molar-refractivity contribution in [1.29, 1.82) is 0 Å². The molecule has 0 heterocycles. The summed E-state index contributed by atoms with van der Waals surface area (Å²) in [5.74, 6) is -0.294. The predicted molar refractivity (Wildman–Crippen MR) is 81.8 cm³/mol. The molecule has 0 amide bonds. The molecule has 0 bridgehead atoms. The SMILES string of the molecule is CC(=CCOc1ccc(C(=O)O)c(C)c1)CC=C(Cl)Cl. The van der Waals surface area contributed by atoms with Gasteiger partial charge < -0.3 is 9.84 Å². The fourth-order valence-corrected chi connectivity index (χ4v) is 1.72. The molecule has 108 valence electrons. The summed E-state index contributed by atoms with van der Waals surface area (Å²) in [5.41, 5.74) is 2.04. The number of carboxylic acids is 1. The Bertz CT molecular complexity index is 544. The summed E-state index contributed by atoms with van der Waals surface area (Å²) in [4.78, 5) is 10.9. The number of ether oxygens (including phenoxy) is 1. The van der Waals surface area contributed by atoms with Crippen LogP contribution in [0.5, 0.6) is 5.75 Å². The number of hydrogen-bond donors (Lipinski definition) is 1. The molecular formula is C15H16Cl2O3. The minimum Gasteiger partial charge on any atom is -0.490 e. The number of hydrogen-bond acceptors (Lipinski definition) is 2. The van der Waals surface area contributed by atoms with Gasteiger partial charge in [0, 0.05) is 0 Å². The Hall–Kier alpha value is -1.45. The highest BCUT2D eigenvalue weighted by atomic mass is 35.5. The van der Waals surface area contributed by atoms with Crippen LogP contribution in [-0.2, 0) is 0 Å². The van der Waals surface area contributed by atoms with Crippen LogP contribution in [0.3, 0.4) is 0 Å². The summed E-state index contributed by atoms with van der Waals surface area (Å²) in [6.07, 6.45) is 4.30. The molecular weight excluding hydrogens is 299 g/mol. The van der Waals surface area contributed by atoms with Gasteiger partial charge in [-0.2, -0.15) is 0 Å². The van der Waals surface area contributed by atoms with E-state index in [1.807, 2.05) is 13.0 Å². The highest BCUT2D eigenvalue weighted by molar-refractivity contribution is 6.55. The predicted octanol–water partition coefficient (Wildman–Crippen LogP) is 4.73. The second-order valence-electron chi connectivity index (χ2n) is 4.34. The number of halogens is 2. The number of aryl methyl sites for hydroxylation is 1. The van der Waals surface area contributed by atoms with E-state index in [0.29, 0.717) is 24.3 Å². The zero-order chi connectivity index (χ0) is 15.1. The molecule has 0 radical (unpaired) electrons. The van der Waals surface area contributed by atoms with Crippen molar-refractivity contribution in [2.75, 3.05) is 6.61 Å². The average Bonchev–Trinajstić information content (AvgIpc) is 2.36. The molecule has 3 nitrogen and oxygen atoms in total. The zero-order valence-electron chi connectivity index (χ0n) is 11.3. The molecule has 1 aromatic rings. The van der Waals surface area contributed by atoms with Crippen molar-refractivity contribution in [3.05, 3.63) is 51.5 Å². The maximum atomic E-state index is 10.9. The Morgan fingerprint density at radius 2 is 2.05 bits per heavy atom. The summed E-state index contributed by atoms with van der Waals surface area (Å²) in [7, 11) is 0. The molecule has 1 aromatic carbocycles. The van der Waals surface area contributed by atoms with Crippen LogP contribution in [0.15, 0.2) is 40.4 Å². The minimum atomic E-state index is -0.936. The molecule has 0 saturated carbocycles. The number of benzene rings is 1. The van der Waals surface area contributed by atoms with Crippen LogP contribution in [0.2, 0.25) is 0 Å². The molecule has 1 N–H and O–H groups in total. The third kappa shape index (κ3) is 5.68. The van der Waals surface area contributed by atoms with Crippen LogP contribution < -0.4 is 4.74 Å². The minimum absolute atomic E-state index is 0.249. The van der Waals surface area contributed by atoms with E-state index in [1.165, 1.54) is 0 Å². The van der Waals surface area contributed by atoms with Crippen LogP contribution >= 0.6 is 23.2 Å². The first-order valence-electron chi connectivity index (χ1n) is 6.03. The Morgan fingerprint density at radius 1 is 1.35 bits per heavy atom. The average molecular weight is 315 g/mol. The lowest BCUT2D eigenvalue weighted by atomic mass is 10.1. The number of aromatic carboxylic acids is 1. The Kier molecular flexibility index (Phi) is 6.62. The molecule has 0 spiro atoms. The van der Waals surface area contributed by atoms with Gasteiger partial charge in [-0.1, -0.05) is 34.9 Å². The fourth-order valence-electron chi connectivity index (χ4n) is 1.57. The fraction of sp³-hybridized carbons (Fsp3) is 0.267. The Morgan fingerprint density at radius 3 is 2.60 bits per heavy atom. The zero-order valence-corrected chi connectivity index (χ0v) is 12.8. The van der Waals surface area contributed by atoms with Crippen molar-refractivity contribution < 1.29 is 14.6 Å². The Balaban J connectivity index is 2.58. The van der Waals surface area contributed by atoms with Crippen molar-refractivity contribution in [3.8, 4) is 5.75 Å². The topological polar surface area (TPSA) is 46.5 Å². The van der Waals surface area contributed by atoms with Crippen LogP contribution in [-0.4, -0.2) is 17.7 Å². The number of allylic oxidation sites excluding steroid dienone is 2. The smallest absolute Gasteiger partial charge is 0.335 e. The van der Waals surface area contributed by atoms with Gasteiger partial charge >= 0.3 is 5.97 Å². The van der Waals surface area contributed by atoms with E-state index in [4.69, 9.17) is 33.0 Å². The second kappa shape index (κ2) is 7.98. The molecule has 0 aliphatic heterocycles. The first kappa shape index (κ1) is 16.6. The van der Waals surface area contributed by atoms with Crippen LogP contribution in [0.4, 0.5) is 0 Å². The van der Waals surface area contributed by atoms with Gasteiger partial charge in [-0.05, 0) is 50.1 Å². The van der Waals surface area contributed by atoms with E-state index in [1.54, 1.807) is 31.2 Å². The molecule has 0 saturated heterocycles. The summed E-state index contributed by atoms with van der Waals surface area (Å²) < 4.78 is 5.79. The van der Waals surface area contributed by atoms with E-state index >= 15 is 0 Å². The normalized spacial score (nSPS) is 11.1. The van der Waals surface area contributed by atoms with Gasteiger partial charge in [0.1, 0.15) is 16.8 Å². The standard InChI is InChI=1S/C15H16Cl2O3/c1-10(3-6-14(16)17)7-8-20-12-4-5-13(15(18)19)11(2)9-12/h4-7,9H,3,8H2,1-2H3,(H,18,19). The molecule has 20 heavy (non-hydrogen) atoms. The molecule has 0 aliphatic rings. The van der Waals surface area contributed by atoms with Crippen molar-refractivity contribution in [1.82, 2.24) is 0 Å². The molecule has 0 unspecified atom stereocenters. The van der Waals surface area contributed by atoms with Crippen LogP contribution in [0, 0.1) is 6.92 Å². The molecule has 0 aromatic heterocycles. The van der Waals surface area contributed by atoms with E-state index in [9.17, 15) is 4.79 Å². The molecule has 0 atom stereocenters. The number of rotatable bonds is 6. The first-order chi connectivity index (χ1) is 9.40. The van der Waals surface area contributed by atoms with E-state index in [-0.39, 0.29) is 10.1 Å². The van der Waals surface area contributed by atoms with Gasteiger partial charge in [0.2, 0.25) is 0 Å². The molecule has 0 fully saturated rings. The quantitative estimate of drug-likeness (QED) is 0.772. The number of carboxylic acid groups (broad SMARTS) is 1. The first-order valence-corrected chi connectivity index (χ1v) is 6.79. The van der Waals surface area contributed by atoms with Gasteiger partial charge in [-0.3, -0.25) is 0 Å². The second-order valence-corrected chi connectivity index (χ2v) is 5.35. The maximum absolute atomic E-state index is 10.9. The summed E-state index contributed by atoms with van der Waals surface area (Å²) in [6.45, 7) is 4.10. The van der Waals surface area contributed by atoms with Gasteiger partial charge in [0.25, 0.3) is 0 Å². The monoisotopic (exact) mass is 314 g/mol. The van der Waals surface area contributed by atoms with E-state index in [2.05, 4.69) is 0 Å². The van der Waals surface area contributed by atoms with Gasteiger partial charge in [0.15, 0.2) is 0 Å². The lowest BCUT2D eigenvalue weighted by Crippen LogP contribution is -2.01. The van der Waals surface area contributed by atoms with Gasteiger partial charge in [0.05, 0.1) is 5.56 Å². The summed E-state index contributed by atoms with van der Waals surface area (Å²) >= 11 is 11.1. The van der Waals surface area contributed by atoms with Crippen molar-refractivity contribution >= 4 is 29.2 Å².